The molecule has 0 radical (unpaired) electrons. The number of fused-ring (bicyclic) bond motifs is 7. The van der Waals surface area contributed by atoms with Crippen LogP contribution >= 0.6 is 0 Å². The van der Waals surface area contributed by atoms with Gasteiger partial charge in [-0.25, -0.2) is 4.39 Å². The lowest BCUT2D eigenvalue weighted by Gasteiger charge is -2.35. The molecule has 1 aromatic heterocycles. The standard InChI is InChI=1S/C59H39FN2/c60-46-27-32-48(33-28-46)62-57-22-12-10-20-53(57)54-38-43(26-36-58(54)62)41-23-29-47(30-24-41)61(49-31-25-40-13-7-8-14-42(40)37-49)50-34-35-52-51-19-9-11-21-55(51)59(56(52)39-50,44-15-3-1-4-16-44)45-17-5-2-6-18-45/h1-39H. The molecule has 0 amide bonds. The van der Waals surface area contributed by atoms with Gasteiger partial charge in [0.05, 0.1) is 16.4 Å². The van der Waals surface area contributed by atoms with Crippen LogP contribution in [-0.4, -0.2) is 4.57 Å². The highest BCUT2D eigenvalue weighted by Crippen LogP contribution is 2.57. The Bertz CT molecular complexity index is 3420. The van der Waals surface area contributed by atoms with E-state index in [0.29, 0.717) is 0 Å². The third kappa shape index (κ3) is 5.56. The van der Waals surface area contributed by atoms with Crippen LogP contribution in [0.15, 0.2) is 237 Å². The molecule has 0 unspecified atom stereocenters. The van der Waals surface area contributed by atoms with Gasteiger partial charge >= 0.3 is 0 Å². The summed E-state index contributed by atoms with van der Waals surface area (Å²) in [4.78, 5) is 2.40. The first-order chi connectivity index (χ1) is 30.6. The lowest BCUT2D eigenvalue weighted by atomic mass is 9.67. The van der Waals surface area contributed by atoms with Crippen LogP contribution in [-0.2, 0) is 5.41 Å². The van der Waals surface area contributed by atoms with E-state index in [2.05, 4.69) is 222 Å². The molecule has 0 aliphatic heterocycles. The van der Waals surface area contributed by atoms with Crippen molar-refractivity contribution in [3.05, 3.63) is 265 Å². The van der Waals surface area contributed by atoms with Gasteiger partial charge in [0.15, 0.2) is 0 Å². The monoisotopic (exact) mass is 794 g/mol. The molecule has 0 saturated carbocycles. The topological polar surface area (TPSA) is 8.17 Å². The maximum absolute atomic E-state index is 14.0. The second-order valence-corrected chi connectivity index (χ2v) is 16.2. The summed E-state index contributed by atoms with van der Waals surface area (Å²) in [6.07, 6.45) is 0. The van der Waals surface area contributed by atoms with E-state index in [1.807, 2.05) is 12.1 Å². The SMILES string of the molecule is Fc1ccc(-n2c3ccccc3c3cc(-c4ccc(N(c5ccc6c(c5)C(c5ccccc5)(c5ccccc5)c5ccccc5-6)c5ccc6ccccc6c5)cc4)ccc32)cc1. The first kappa shape index (κ1) is 35.9. The zero-order chi connectivity index (χ0) is 41.2. The van der Waals surface area contributed by atoms with Crippen molar-refractivity contribution in [2.24, 2.45) is 0 Å². The van der Waals surface area contributed by atoms with Gasteiger partial charge in [0, 0.05) is 33.5 Å². The molecule has 0 bridgehead atoms. The Morgan fingerprint density at radius 1 is 0.371 bits per heavy atom. The van der Waals surface area contributed by atoms with Gasteiger partial charge in [0.1, 0.15) is 5.82 Å². The van der Waals surface area contributed by atoms with Gasteiger partial charge in [0.2, 0.25) is 0 Å². The zero-order valence-electron chi connectivity index (χ0n) is 33.8. The molecule has 1 heterocycles. The maximum Gasteiger partial charge on any atom is 0.123 e. The van der Waals surface area contributed by atoms with Gasteiger partial charge in [-0.05, 0) is 134 Å². The van der Waals surface area contributed by atoms with E-state index in [9.17, 15) is 4.39 Å². The molecular weight excluding hydrogens is 756 g/mol. The fourth-order valence-corrected chi connectivity index (χ4v) is 10.2. The average molecular weight is 795 g/mol. The van der Waals surface area contributed by atoms with Gasteiger partial charge in [0.25, 0.3) is 0 Å². The summed E-state index contributed by atoms with van der Waals surface area (Å²) in [7, 11) is 0. The van der Waals surface area contributed by atoms with Gasteiger partial charge in [-0.15, -0.1) is 0 Å². The Labute approximate surface area is 360 Å². The zero-order valence-corrected chi connectivity index (χ0v) is 33.8. The Hall–Kier alpha value is -8.01. The molecule has 1 aliphatic carbocycles. The average Bonchev–Trinajstić information content (AvgIpc) is 3.83. The molecule has 0 saturated heterocycles. The molecular formula is C59H39FN2. The van der Waals surface area contributed by atoms with E-state index < -0.39 is 5.41 Å². The van der Waals surface area contributed by atoms with Crippen LogP contribution in [0.1, 0.15) is 22.3 Å². The third-order valence-electron chi connectivity index (χ3n) is 12.9. The van der Waals surface area contributed by atoms with Crippen LogP contribution < -0.4 is 4.90 Å². The molecule has 0 fully saturated rings. The molecule has 292 valence electrons. The van der Waals surface area contributed by atoms with Crippen LogP contribution in [0.3, 0.4) is 0 Å². The summed E-state index contributed by atoms with van der Waals surface area (Å²) >= 11 is 0. The van der Waals surface area contributed by atoms with E-state index in [0.717, 1.165) is 55.7 Å². The Morgan fingerprint density at radius 2 is 0.952 bits per heavy atom. The van der Waals surface area contributed by atoms with Gasteiger partial charge in [-0.3, -0.25) is 0 Å². The quantitative estimate of drug-likeness (QED) is 0.156. The van der Waals surface area contributed by atoms with E-state index >= 15 is 0 Å². The highest BCUT2D eigenvalue weighted by Gasteiger charge is 2.46. The number of hydrogen-bond donors (Lipinski definition) is 0. The van der Waals surface area contributed by atoms with Crippen molar-refractivity contribution in [1.29, 1.82) is 0 Å². The number of rotatable bonds is 7. The van der Waals surface area contributed by atoms with Crippen molar-refractivity contribution in [2.45, 2.75) is 5.41 Å². The first-order valence-electron chi connectivity index (χ1n) is 21.2. The molecule has 3 heteroatoms. The second-order valence-electron chi connectivity index (χ2n) is 16.2. The predicted molar refractivity (Wildman–Crippen MR) is 256 cm³/mol. The smallest absolute Gasteiger partial charge is 0.123 e. The first-order valence-corrected chi connectivity index (χ1v) is 21.2. The van der Waals surface area contributed by atoms with Crippen LogP contribution in [0.5, 0.6) is 0 Å². The molecule has 0 spiro atoms. The minimum absolute atomic E-state index is 0.242. The number of aromatic nitrogens is 1. The summed E-state index contributed by atoms with van der Waals surface area (Å²) in [5.41, 5.74) is 15.7. The number of para-hydroxylation sites is 1. The van der Waals surface area contributed by atoms with E-state index in [4.69, 9.17) is 0 Å². The number of hydrogen-bond acceptors (Lipinski definition) is 1. The van der Waals surface area contributed by atoms with Crippen molar-refractivity contribution in [2.75, 3.05) is 4.90 Å². The largest absolute Gasteiger partial charge is 0.310 e. The van der Waals surface area contributed by atoms with Gasteiger partial charge in [-0.1, -0.05) is 158 Å². The molecule has 11 aromatic rings. The van der Waals surface area contributed by atoms with Gasteiger partial charge < -0.3 is 9.47 Å². The Balaban J connectivity index is 1.02. The predicted octanol–water partition coefficient (Wildman–Crippen LogP) is 15.6. The Morgan fingerprint density at radius 3 is 1.73 bits per heavy atom. The molecule has 10 aromatic carbocycles. The summed E-state index contributed by atoms with van der Waals surface area (Å²) in [6.45, 7) is 0. The third-order valence-corrected chi connectivity index (χ3v) is 12.9. The minimum Gasteiger partial charge on any atom is -0.310 e. The maximum atomic E-state index is 14.0. The lowest BCUT2D eigenvalue weighted by molar-refractivity contribution is 0.627. The fraction of sp³-hybridized carbons (Fsp3) is 0.0169. The van der Waals surface area contributed by atoms with E-state index in [1.54, 1.807) is 0 Å². The summed E-state index contributed by atoms with van der Waals surface area (Å²) in [5, 5.41) is 4.72. The normalized spacial score (nSPS) is 12.7. The number of halogens is 1. The summed E-state index contributed by atoms with van der Waals surface area (Å²) in [6, 6.07) is 84.2. The Kier molecular flexibility index (Phi) is 8.29. The molecule has 0 N–H and O–H groups in total. The number of nitrogens with zero attached hydrogens (tertiary/aromatic N) is 2. The second kappa shape index (κ2) is 14.3. The lowest BCUT2D eigenvalue weighted by Crippen LogP contribution is -2.28. The number of anilines is 3. The van der Waals surface area contributed by atoms with Crippen molar-refractivity contribution in [1.82, 2.24) is 4.57 Å². The van der Waals surface area contributed by atoms with Crippen molar-refractivity contribution < 1.29 is 4.39 Å². The summed E-state index contributed by atoms with van der Waals surface area (Å²) < 4.78 is 16.2. The highest BCUT2D eigenvalue weighted by atomic mass is 19.1. The van der Waals surface area contributed by atoms with Crippen molar-refractivity contribution in [3.63, 3.8) is 0 Å². The number of benzene rings is 10. The van der Waals surface area contributed by atoms with Crippen LogP contribution in [0.25, 0.3) is 60.5 Å². The van der Waals surface area contributed by atoms with Crippen LogP contribution in [0.2, 0.25) is 0 Å². The van der Waals surface area contributed by atoms with Crippen molar-refractivity contribution >= 4 is 49.6 Å². The summed E-state index contributed by atoms with van der Waals surface area (Å²) in [5.74, 6) is -0.242. The van der Waals surface area contributed by atoms with Crippen LogP contribution in [0.4, 0.5) is 21.5 Å². The molecule has 2 nitrogen and oxygen atoms in total. The molecule has 1 aliphatic rings. The van der Waals surface area contributed by atoms with Gasteiger partial charge in [-0.2, -0.15) is 0 Å². The highest BCUT2D eigenvalue weighted by molar-refractivity contribution is 6.10. The molecule has 0 atom stereocenters. The van der Waals surface area contributed by atoms with E-state index in [1.165, 1.54) is 56.3 Å². The van der Waals surface area contributed by atoms with E-state index in [-0.39, 0.29) is 5.82 Å². The molecule has 62 heavy (non-hydrogen) atoms. The van der Waals surface area contributed by atoms with Crippen LogP contribution in [0, 0.1) is 5.82 Å². The van der Waals surface area contributed by atoms with Crippen molar-refractivity contribution in [3.8, 4) is 27.9 Å². The minimum atomic E-state index is -0.512. The molecule has 12 rings (SSSR count). The fourth-order valence-electron chi connectivity index (χ4n) is 10.2.